The van der Waals surface area contributed by atoms with Crippen LogP contribution < -0.4 is 10.6 Å². The van der Waals surface area contributed by atoms with Gasteiger partial charge in [0.2, 0.25) is 0 Å². The molecule has 0 aromatic heterocycles. The van der Waals surface area contributed by atoms with Gasteiger partial charge >= 0.3 is 0 Å². The molecule has 5 heteroatoms. The van der Waals surface area contributed by atoms with E-state index in [9.17, 15) is 0 Å². The summed E-state index contributed by atoms with van der Waals surface area (Å²) >= 11 is 1.62. The Balaban J connectivity index is 2.37. The van der Waals surface area contributed by atoms with Crippen LogP contribution in [0.3, 0.4) is 0 Å². The quantitative estimate of drug-likeness (QED) is 0.222. The Morgan fingerprint density at radius 1 is 1.29 bits per heavy atom. The first-order chi connectivity index (χ1) is 10.2. The van der Waals surface area contributed by atoms with Crippen LogP contribution in [0.2, 0.25) is 0 Å². The van der Waals surface area contributed by atoms with E-state index < -0.39 is 0 Å². The average molecular weight is 307 g/mol. The predicted molar refractivity (Wildman–Crippen MR) is 90.6 cm³/mol. The lowest BCUT2D eigenvalue weighted by Crippen LogP contribution is -2.33. The minimum Gasteiger partial charge on any atom is -0.409 e. The van der Waals surface area contributed by atoms with Gasteiger partial charge in [-0.05, 0) is 31.2 Å². The second-order valence-electron chi connectivity index (χ2n) is 5.60. The highest BCUT2D eigenvalue weighted by Gasteiger charge is 2.22. The molecular formula is C16H25N3OS. The highest BCUT2D eigenvalue weighted by atomic mass is 32.2. The summed E-state index contributed by atoms with van der Waals surface area (Å²) in [7, 11) is 2.13. The van der Waals surface area contributed by atoms with Crippen molar-refractivity contribution in [1.29, 1.82) is 0 Å². The smallest absolute Gasteiger partial charge is 0.173 e. The summed E-state index contributed by atoms with van der Waals surface area (Å²) in [5.74, 6) is 0.190. The van der Waals surface area contributed by atoms with Gasteiger partial charge in [0.05, 0.1) is 5.56 Å². The molecule has 0 spiro atoms. The van der Waals surface area contributed by atoms with Gasteiger partial charge in [0.25, 0.3) is 0 Å². The Morgan fingerprint density at radius 3 is 2.52 bits per heavy atom. The fourth-order valence-corrected chi connectivity index (χ4v) is 3.76. The second kappa shape index (κ2) is 7.59. The third-order valence-corrected chi connectivity index (χ3v) is 5.12. The van der Waals surface area contributed by atoms with Gasteiger partial charge in [0.15, 0.2) is 5.84 Å². The molecule has 0 atom stereocenters. The summed E-state index contributed by atoms with van der Waals surface area (Å²) in [5.41, 5.74) is 7.84. The van der Waals surface area contributed by atoms with E-state index in [1.807, 2.05) is 18.4 Å². The maximum atomic E-state index is 9.10. The minimum atomic E-state index is 0.190. The molecule has 0 amide bonds. The zero-order chi connectivity index (χ0) is 15.2. The fraction of sp³-hybridized carbons (Fsp3) is 0.562. The summed E-state index contributed by atoms with van der Waals surface area (Å²) in [4.78, 5) is 3.36. The van der Waals surface area contributed by atoms with Crippen LogP contribution in [0.4, 0.5) is 5.69 Å². The van der Waals surface area contributed by atoms with E-state index in [1.165, 1.54) is 38.5 Å². The van der Waals surface area contributed by atoms with Crippen molar-refractivity contribution in [2.24, 2.45) is 10.9 Å². The number of hydrogen-bond donors (Lipinski definition) is 2. The Kier molecular flexibility index (Phi) is 5.79. The number of anilines is 1. The lowest BCUT2D eigenvalue weighted by Gasteiger charge is -2.31. The number of amidine groups is 1. The molecular weight excluding hydrogens is 282 g/mol. The molecule has 21 heavy (non-hydrogen) atoms. The van der Waals surface area contributed by atoms with E-state index in [4.69, 9.17) is 10.9 Å². The molecule has 1 aliphatic rings. The van der Waals surface area contributed by atoms with Crippen molar-refractivity contribution in [3.8, 4) is 0 Å². The lowest BCUT2D eigenvalue weighted by molar-refractivity contribution is 0.318. The number of rotatable bonds is 4. The van der Waals surface area contributed by atoms with Gasteiger partial charge in [-0.3, -0.25) is 0 Å². The van der Waals surface area contributed by atoms with E-state index in [-0.39, 0.29) is 5.84 Å². The van der Waals surface area contributed by atoms with Crippen molar-refractivity contribution >= 4 is 23.3 Å². The maximum Gasteiger partial charge on any atom is 0.173 e. The second-order valence-corrected chi connectivity index (χ2v) is 6.44. The van der Waals surface area contributed by atoms with Crippen LogP contribution in [0.15, 0.2) is 28.3 Å². The van der Waals surface area contributed by atoms with Gasteiger partial charge in [0.1, 0.15) is 0 Å². The predicted octanol–water partition coefficient (Wildman–Crippen LogP) is 3.66. The van der Waals surface area contributed by atoms with E-state index >= 15 is 0 Å². The summed E-state index contributed by atoms with van der Waals surface area (Å²) < 4.78 is 0. The van der Waals surface area contributed by atoms with Crippen molar-refractivity contribution in [3.05, 3.63) is 23.8 Å². The molecule has 116 valence electrons. The Labute approximate surface area is 131 Å². The van der Waals surface area contributed by atoms with Crippen molar-refractivity contribution in [2.45, 2.75) is 49.5 Å². The van der Waals surface area contributed by atoms with E-state index in [0.717, 1.165) is 16.1 Å². The number of benzene rings is 1. The molecule has 0 heterocycles. The summed E-state index contributed by atoms with van der Waals surface area (Å²) in [6, 6.07) is 6.66. The Bertz CT molecular complexity index is 496. The summed E-state index contributed by atoms with van der Waals surface area (Å²) in [5, 5.41) is 12.3. The first-order valence-electron chi connectivity index (χ1n) is 7.56. The molecule has 0 saturated heterocycles. The molecule has 0 bridgehead atoms. The lowest BCUT2D eigenvalue weighted by atomic mass is 10.0. The maximum absolute atomic E-state index is 9.10. The normalized spacial score (nSPS) is 17.5. The minimum absolute atomic E-state index is 0.190. The monoisotopic (exact) mass is 307 g/mol. The number of nitrogens with zero attached hydrogens (tertiary/aromatic N) is 2. The van der Waals surface area contributed by atoms with Crippen molar-refractivity contribution < 1.29 is 5.21 Å². The highest BCUT2D eigenvalue weighted by Crippen LogP contribution is 2.32. The third-order valence-electron chi connectivity index (χ3n) is 4.34. The molecule has 1 aliphatic carbocycles. The van der Waals surface area contributed by atoms with Gasteiger partial charge in [-0.25, -0.2) is 0 Å². The van der Waals surface area contributed by atoms with Gasteiger partial charge in [-0.2, -0.15) is 0 Å². The van der Waals surface area contributed by atoms with Gasteiger partial charge in [-0.1, -0.05) is 36.9 Å². The van der Waals surface area contributed by atoms with Crippen LogP contribution in [0.25, 0.3) is 0 Å². The van der Waals surface area contributed by atoms with Crippen molar-refractivity contribution in [1.82, 2.24) is 0 Å². The Hall–Kier alpha value is -1.36. The summed E-state index contributed by atoms with van der Waals surface area (Å²) in [6.07, 6.45) is 9.70. The van der Waals surface area contributed by atoms with Crippen LogP contribution in [0.5, 0.6) is 0 Å². The highest BCUT2D eigenvalue weighted by molar-refractivity contribution is 7.98. The van der Waals surface area contributed by atoms with E-state index in [2.05, 4.69) is 23.2 Å². The Morgan fingerprint density at radius 2 is 1.95 bits per heavy atom. The molecule has 4 nitrogen and oxygen atoms in total. The van der Waals surface area contributed by atoms with Gasteiger partial charge in [0, 0.05) is 23.7 Å². The molecule has 0 radical (unpaired) electrons. The van der Waals surface area contributed by atoms with E-state index in [1.54, 1.807) is 11.8 Å². The van der Waals surface area contributed by atoms with Crippen LogP contribution in [0.1, 0.15) is 44.1 Å². The molecule has 1 fully saturated rings. The number of nitrogens with two attached hydrogens (primary N) is 1. The molecule has 2 rings (SSSR count). The zero-order valence-corrected chi connectivity index (χ0v) is 13.7. The topological polar surface area (TPSA) is 61.8 Å². The van der Waals surface area contributed by atoms with Gasteiger partial charge in [-0.15, -0.1) is 11.8 Å². The largest absolute Gasteiger partial charge is 0.409 e. The molecule has 0 aliphatic heterocycles. The third kappa shape index (κ3) is 3.64. The first-order valence-corrected chi connectivity index (χ1v) is 8.79. The standard InChI is InChI=1S/C16H25N3OS/c1-19(12-8-5-3-4-6-9-12)13-10-7-11-14(21-2)15(13)16(17)18-20/h7,10-12,20H,3-6,8-9H2,1-2H3,(H2,17,18). The number of hydrogen-bond acceptors (Lipinski definition) is 4. The molecule has 1 aromatic carbocycles. The fourth-order valence-electron chi connectivity index (χ4n) is 3.13. The number of oxime groups is 1. The number of thioether (sulfide) groups is 1. The first kappa shape index (κ1) is 16.0. The van der Waals surface area contributed by atoms with Crippen LogP contribution >= 0.6 is 11.8 Å². The summed E-state index contributed by atoms with van der Waals surface area (Å²) in [6.45, 7) is 0. The molecule has 1 aromatic rings. The van der Waals surface area contributed by atoms with Crippen molar-refractivity contribution in [3.63, 3.8) is 0 Å². The van der Waals surface area contributed by atoms with E-state index in [0.29, 0.717) is 6.04 Å². The molecule has 0 unspecified atom stereocenters. The van der Waals surface area contributed by atoms with Crippen LogP contribution in [0, 0.1) is 0 Å². The molecule has 3 N–H and O–H groups in total. The van der Waals surface area contributed by atoms with Crippen molar-refractivity contribution in [2.75, 3.05) is 18.2 Å². The SMILES string of the molecule is CSc1cccc(N(C)C2CCCCCC2)c1/C(N)=N/O. The van der Waals surface area contributed by atoms with Crippen LogP contribution in [-0.4, -0.2) is 30.4 Å². The zero-order valence-electron chi connectivity index (χ0n) is 12.9. The molecule has 1 saturated carbocycles. The average Bonchev–Trinajstić information content (AvgIpc) is 2.81. The van der Waals surface area contributed by atoms with Gasteiger partial charge < -0.3 is 15.8 Å². The van der Waals surface area contributed by atoms with Crippen LogP contribution in [-0.2, 0) is 0 Å².